The highest BCUT2D eigenvalue weighted by atomic mass is 16.5. The second-order valence-corrected chi connectivity index (χ2v) is 9.57. The zero-order valence-corrected chi connectivity index (χ0v) is 20.6. The Morgan fingerprint density at radius 1 is 1.15 bits per heavy atom. The van der Waals surface area contributed by atoms with E-state index in [1.54, 1.807) is 19.2 Å². The number of aryl methyl sites for hydroxylation is 1. The van der Waals surface area contributed by atoms with Crippen molar-refractivity contribution in [3.8, 4) is 5.75 Å². The van der Waals surface area contributed by atoms with Crippen LogP contribution >= 0.6 is 0 Å². The third-order valence-electron chi connectivity index (χ3n) is 7.00. The van der Waals surface area contributed by atoms with Gasteiger partial charge >= 0.3 is 6.03 Å². The maximum atomic E-state index is 13.4. The van der Waals surface area contributed by atoms with Crippen molar-refractivity contribution in [1.82, 2.24) is 5.32 Å². The van der Waals surface area contributed by atoms with Crippen LogP contribution in [-0.2, 0) is 16.0 Å². The first-order valence-electron chi connectivity index (χ1n) is 11.5. The minimum absolute atomic E-state index is 0.00976. The molecule has 7 nitrogen and oxygen atoms in total. The van der Waals surface area contributed by atoms with E-state index in [2.05, 4.69) is 38.0 Å². The Kier molecular flexibility index (Phi) is 5.98. The largest absolute Gasteiger partial charge is 0.496 e. The van der Waals surface area contributed by atoms with Gasteiger partial charge in [0.1, 0.15) is 11.3 Å². The summed E-state index contributed by atoms with van der Waals surface area (Å²) in [4.78, 5) is 42.1. The zero-order valence-electron chi connectivity index (χ0n) is 20.6. The molecular formula is C27H31N3O4. The van der Waals surface area contributed by atoms with Crippen molar-refractivity contribution in [2.24, 2.45) is 0 Å². The highest BCUT2D eigenvalue weighted by Gasteiger charge is 2.38. The molecule has 2 aromatic carbocycles. The average Bonchev–Trinajstić information content (AvgIpc) is 2.80. The normalized spacial score (nSPS) is 20.9. The number of hydrogen-bond donors (Lipinski definition) is 1. The van der Waals surface area contributed by atoms with E-state index in [4.69, 9.17) is 4.74 Å². The molecule has 178 valence electrons. The summed E-state index contributed by atoms with van der Waals surface area (Å²) in [5.74, 6) is -0.525. The Labute approximate surface area is 200 Å². The predicted octanol–water partition coefficient (Wildman–Crippen LogP) is 4.65. The van der Waals surface area contributed by atoms with Crippen LogP contribution in [0, 0.1) is 0 Å². The van der Waals surface area contributed by atoms with Crippen LogP contribution in [0.2, 0.25) is 0 Å². The van der Waals surface area contributed by atoms with Gasteiger partial charge in [-0.1, -0.05) is 32.0 Å². The van der Waals surface area contributed by atoms with E-state index < -0.39 is 17.8 Å². The van der Waals surface area contributed by atoms with Crippen molar-refractivity contribution >= 4 is 35.3 Å². The second kappa shape index (κ2) is 8.63. The fourth-order valence-electron chi connectivity index (χ4n) is 4.96. The average molecular weight is 462 g/mol. The third kappa shape index (κ3) is 3.85. The highest BCUT2D eigenvalue weighted by Crippen LogP contribution is 2.45. The molecule has 1 unspecified atom stereocenters. The van der Waals surface area contributed by atoms with Crippen LogP contribution in [0.4, 0.5) is 16.2 Å². The van der Waals surface area contributed by atoms with Crippen molar-refractivity contribution in [2.45, 2.75) is 52.0 Å². The number of methoxy groups -OCH3 is 1. The molecule has 2 aliphatic heterocycles. The Balaban J connectivity index is 1.82. The third-order valence-corrected chi connectivity index (χ3v) is 7.00. The minimum atomic E-state index is -0.747. The van der Waals surface area contributed by atoms with Crippen molar-refractivity contribution < 1.29 is 19.1 Å². The number of fused-ring (bicyclic) bond motifs is 1. The quantitative estimate of drug-likeness (QED) is 0.530. The summed E-state index contributed by atoms with van der Waals surface area (Å²) in [6.07, 6.45) is 3.13. The molecule has 2 aromatic rings. The number of benzene rings is 2. The fraction of sp³-hybridized carbons (Fsp3) is 0.370. The number of carbonyl (C=O) groups excluding carboxylic acids is 3. The SMILES string of the molecule is CCc1ccccc1N1C(=O)NC(=O)/C(=C/c2cc3c(cc2OC)N(C)C(C)(C)CC3C)C1=O. The molecule has 0 aromatic heterocycles. The number of nitrogens with one attached hydrogen (secondary N) is 1. The number of hydrogen-bond acceptors (Lipinski definition) is 5. The van der Waals surface area contributed by atoms with Crippen LogP contribution < -0.4 is 19.9 Å². The summed E-state index contributed by atoms with van der Waals surface area (Å²) in [7, 11) is 3.63. The number of imide groups is 2. The fourth-order valence-corrected chi connectivity index (χ4v) is 4.96. The van der Waals surface area contributed by atoms with Gasteiger partial charge in [0.05, 0.1) is 12.8 Å². The van der Waals surface area contributed by atoms with Gasteiger partial charge in [0, 0.05) is 29.9 Å². The highest BCUT2D eigenvalue weighted by molar-refractivity contribution is 6.39. The van der Waals surface area contributed by atoms with Crippen LogP contribution in [0.15, 0.2) is 42.0 Å². The van der Waals surface area contributed by atoms with E-state index in [0.29, 0.717) is 23.4 Å². The number of rotatable bonds is 4. The molecule has 7 heteroatoms. The van der Waals surface area contributed by atoms with Crippen LogP contribution in [0.3, 0.4) is 0 Å². The molecule has 2 heterocycles. The van der Waals surface area contributed by atoms with Gasteiger partial charge < -0.3 is 9.64 Å². The Bertz CT molecular complexity index is 1210. The molecule has 1 atom stereocenters. The van der Waals surface area contributed by atoms with Crippen molar-refractivity contribution in [1.29, 1.82) is 0 Å². The number of para-hydroxylation sites is 1. The maximum absolute atomic E-state index is 13.4. The lowest BCUT2D eigenvalue weighted by atomic mass is 9.79. The number of carbonyl (C=O) groups is 3. The number of ether oxygens (including phenoxy) is 1. The Hall–Kier alpha value is -3.61. The Morgan fingerprint density at radius 3 is 2.53 bits per heavy atom. The minimum Gasteiger partial charge on any atom is -0.496 e. The molecule has 1 saturated heterocycles. The standard InChI is InChI=1S/C27H31N3O4/c1-7-17-10-8-9-11-21(17)30-25(32)20(24(31)28-26(30)33)13-18-12-19-16(2)15-27(3,4)29(5)22(19)14-23(18)34-6/h8-14,16H,7,15H2,1-6H3,(H,28,31,33)/b20-13-. The maximum Gasteiger partial charge on any atom is 0.335 e. The van der Waals surface area contributed by atoms with Gasteiger partial charge in [0.25, 0.3) is 11.8 Å². The molecule has 0 saturated carbocycles. The van der Waals surface area contributed by atoms with Crippen molar-refractivity contribution in [3.05, 3.63) is 58.7 Å². The van der Waals surface area contributed by atoms with Crippen LogP contribution in [0.1, 0.15) is 56.7 Å². The molecule has 0 radical (unpaired) electrons. The number of barbiturate groups is 1. The van der Waals surface area contributed by atoms with Gasteiger partial charge in [-0.25, -0.2) is 9.69 Å². The lowest BCUT2D eigenvalue weighted by molar-refractivity contribution is -0.122. The van der Waals surface area contributed by atoms with E-state index >= 15 is 0 Å². The number of nitrogens with zero attached hydrogens (tertiary/aromatic N) is 2. The van der Waals surface area contributed by atoms with E-state index in [9.17, 15) is 14.4 Å². The smallest absolute Gasteiger partial charge is 0.335 e. The molecule has 0 aliphatic carbocycles. The predicted molar refractivity (Wildman–Crippen MR) is 133 cm³/mol. The molecule has 1 N–H and O–H groups in total. The molecular weight excluding hydrogens is 430 g/mol. The lowest BCUT2D eigenvalue weighted by Crippen LogP contribution is -2.54. The number of anilines is 2. The summed E-state index contributed by atoms with van der Waals surface area (Å²) in [6.45, 7) is 8.54. The van der Waals surface area contributed by atoms with Gasteiger partial charge in [0.2, 0.25) is 0 Å². The second-order valence-electron chi connectivity index (χ2n) is 9.57. The summed E-state index contributed by atoms with van der Waals surface area (Å²) >= 11 is 0. The van der Waals surface area contributed by atoms with E-state index in [-0.39, 0.29) is 17.0 Å². The monoisotopic (exact) mass is 461 g/mol. The molecule has 0 spiro atoms. The molecule has 0 bridgehead atoms. The first-order chi connectivity index (χ1) is 16.1. The summed E-state index contributed by atoms with van der Waals surface area (Å²) in [5.41, 5.74) is 4.01. The molecule has 4 rings (SSSR count). The van der Waals surface area contributed by atoms with Gasteiger partial charge in [-0.2, -0.15) is 0 Å². The summed E-state index contributed by atoms with van der Waals surface area (Å²) < 4.78 is 5.65. The van der Waals surface area contributed by atoms with Gasteiger partial charge in [0.15, 0.2) is 0 Å². The van der Waals surface area contributed by atoms with Crippen LogP contribution in [-0.4, -0.2) is 37.5 Å². The number of urea groups is 1. The van der Waals surface area contributed by atoms with Crippen LogP contribution in [0.5, 0.6) is 5.75 Å². The van der Waals surface area contributed by atoms with Gasteiger partial charge in [-0.05, 0) is 61.9 Å². The summed E-state index contributed by atoms with van der Waals surface area (Å²) in [5, 5.41) is 2.32. The Morgan fingerprint density at radius 2 is 1.85 bits per heavy atom. The topological polar surface area (TPSA) is 79.0 Å². The molecule has 4 amide bonds. The lowest BCUT2D eigenvalue weighted by Gasteiger charge is -2.45. The van der Waals surface area contributed by atoms with E-state index in [1.165, 1.54) is 6.08 Å². The van der Waals surface area contributed by atoms with E-state index in [1.807, 2.05) is 31.2 Å². The molecule has 34 heavy (non-hydrogen) atoms. The number of amides is 4. The molecule has 1 fully saturated rings. The zero-order chi connectivity index (χ0) is 24.8. The molecule has 2 aliphatic rings. The first-order valence-corrected chi connectivity index (χ1v) is 11.5. The summed E-state index contributed by atoms with van der Waals surface area (Å²) in [6, 6.07) is 10.4. The van der Waals surface area contributed by atoms with Crippen molar-refractivity contribution in [3.63, 3.8) is 0 Å². The van der Waals surface area contributed by atoms with Crippen molar-refractivity contribution in [2.75, 3.05) is 24.0 Å². The van der Waals surface area contributed by atoms with Crippen LogP contribution in [0.25, 0.3) is 6.08 Å². The van der Waals surface area contributed by atoms with E-state index in [0.717, 1.165) is 28.1 Å². The first kappa shape index (κ1) is 23.5. The van der Waals surface area contributed by atoms with Gasteiger partial charge in [-0.15, -0.1) is 0 Å². The van der Waals surface area contributed by atoms with Gasteiger partial charge in [-0.3, -0.25) is 14.9 Å².